The van der Waals surface area contributed by atoms with E-state index in [0.717, 1.165) is 37.5 Å². The summed E-state index contributed by atoms with van der Waals surface area (Å²) >= 11 is 0. The molecule has 1 atom stereocenters. The highest BCUT2D eigenvalue weighted by Gasteiger charge is 2.24. The number of ether oxygens (including phenoxy) is 1. The molecule has 1 aliphatic rings. The Morgan fingerprint density at radius 3 is 2.84 bits per heavy atom. The van der Waals surface area contributed by atoms with Crippen molar-refractivity contribution in [2.45, 2.75) is 19.4 Å². The number of aliphatic hydroxyl groups excluding tert-OH is 1. The van der Waals surface area contributed by atoms with E-state index in [1.807, 2.05) is 25.1 Å². The van der Waals surface area contributed by atoms with Crippen LogP contribution in [0.3, 0.4) is 0 Å². The van der Waals surface area contributed by atoms with Crippen LogP contribution >= 0.6 is 0 Å². The third-order valence-electron chi connectivity index (χ3n) is 3.59. The second-order valence-corrected chi connectivity index (χ2v) is 5.05. The summed E-state index contributed by atoms with van der Waals surface area (Å²) in [4.78, 5) is 4.57. The van der Waals surface area contributed by atoms with Gasteiger partial charge in [0.15, 0.2) is 0 Å². The lowest BCUT2D eigenvalue weighted by molar-refractivity contribution is 0.228. The lowest BCUT2D eigenvalue weighted by Gasteiger charge is -2.32. The summed E-state index contributed by atoms with van der Waals surface area (Å²) in [5.74, 6) is 0.910. The zero-order valence-electron chi connectivity index (χ0n) is 11.9. The van der Waals surface area contributed by atoms with E-state index < -0.39 is 0 Å². The van der Waals surface area contributed by atoms with Gasteiger partial charge in [-0.3, -0.25) is 0 Å². The van der Waals surface area contributed by atoms with Crippen LogP contribution in [0.2, 0.25) is 0 Å². The van der Waals surface area contributed by atoms with Gasteiger partial charge < -0.3 is 19.6 Å². The maximum Gasteiger partial charge on any atom is 0.142 e. The molecule has 4 heteroatoms. The summed E-state index contributed by atoms with van der Waals surface area (Å²) in [6.07, 6.45) is 1.10. The minimum Gasteiger partial charge on any atom is -0.492 e. The molecule has 19 heavy (non-hydrogen) atoms. The number of benzene rings is 1. The molecule has 1 unspecified atom stereocenters. The molecule has 0 bridgehead atoms. The molecule has 0 saturated carbocycles. The number of aliphatic hydroxyl groups is 1. The summed E-state index contributed by atoms with van der Waals surface area (Å²) in [7, 11) is 2.11. The van der Waals surface area contributed by atoms with Crippen molar-refractivity contribution < 1.29 is 9.84 Å². The van der Waals surface area contributed by atoms with Crippen molar-refractivity contribution in [1.82, 2.24) is 4.90 Å². The molecule has 1 saturated heterocycles. The zero-order valence-corrected chi connectivity index (χ0v) is 11.9. The van der Waals surface area contributed by atoms with Crippen molar-refractivity contribution in [2.75, 3.05) is 44.8 Å². The van der Waals surface area contributed by atoms with E-state index in [1.165, 1.54) is 0 Å². The Bertz CT molecular complexity index is 397. The maximum atomic E-state index is 9.68. The van der Waals surface area contributed by atoms with Crippen LogP contribution in [-0.4, -0.2) is 55.9 Å². The fraction of sp³-hybridized carbons (Fsp3) is 0.600. The first-order chi connectivity index (χ1) is 9.26. The van der Waals surface area contributed by atoms with E-state index in [4.69, 9.17) is 4.74 Å². The molecule has 0 aromatic heterocycles. The molecule has 106 valence electrons. The minimum atomic E-state index is 0.133. The highest BCUT2D eigenvalue weighted by atomic mass is 16.5. The summed E-state index contributed by atoms with van der Waals surface area (Å²) in [6, 6.07) is 8.24. The molecule has 1 aromatic rings. The quantitative estimate of drug-likeness (QED) is 0.896. The standard InChI is InChI=1S/C15H24N2O2/c1-3-19-15-8-5-4-7-14(15)17-10-6-9-16(2)11-13(17)12-18/h4-5,7-8,13,18H,3,6,9-12H2,1-2H3. The van der Waals surface area contributed by atoms with Crippen molar-refractivity contribution in [3.8, 4) is 5.75 Å². The van der Waals surface area contributed by atoms with Crippen LogP contribution in [0, 0.1) is 0 Å². The molecule has 0 radical (unpaired) electrons. The lowest BCUT2D eigenvalue weighted by atomic mass is 10.2. The van der Waals surface area contributed by atoms with Gasteiger partial charge in [-0.15, -0.1) is 0 Å². The third-order valence-corrected chi connectivity index (χ3v) is 3.59. The van der Waals surface area contributed by atoms with E-state index in [2.05, 4.69) is 22.9 Å². The number of anilines is 1. The van der Waals surface area contributed by atoms with Crippen molar-refractivity contribution in [2.24, 2.45) is 0 Å². The van der Waals surface area contributed by atoms with Crippen LogP contribution in [-0.2, 0) is 0 Å². The molecule has 1 aromatic carbocycles. The Hall–Kier alpha value is -1.26. The highest BCUT2D eigenvalue weighted by molar-refractivity contribution is 5.59. The summed E-state index contributed by atoms with van der Waals surface area (Å²) in [5, 5.41) is 9.68. The first kappa shape index (κ1) is 14.2. The van der Waals surface area contributed by atoms with Crippen molar-refractivity contribution in [3.63, 3.8) is 0 Å². The molecular formula is C15H24N2O2. The van der Waals surface area contributed by atoms with Gasteiger partial charge in [0, 0.05) is 13.1 Å². The number of likely N-dealkylation sites (N-methyl/N-ethyl adjacent to an activating group) is 1. The van der Waals surface area contributed by atoms with Gasteiger partial charge in [-0.05, 0) is 39.1 Å². The average molecular weight is 264 g/mol. The van der Waals surface area contributed by atoms with Crippen LogP contribution in [0.4, 0.5) is 5.69 Å². The molecule has 1 fully saturated rings. The number of nitrogens with zero attached hydrogens (tertiary/aromatic N) is 2. The first-order valence-electron chi connectivity index (χ1n) is 7.04. The molecular weight excluding hydrogens is 240 g/mol. The van der Waals surface area contributed by atoms with E-state index in [1.54, 1.807) is 0 Å². The Morgan fingerprint density at radius 1 is 1.32 bits per heavy atom. The maximum absolute atomic E-state index is 9.68. The smallest absolute Gasteiger partial charge is 0.142 e. The number of para-hydroxylation sites is 2. The van der Waals surface area contributed by atoms with Crippen LogP contribution in [0.5, 0.6) is 5.75 Å². The highest BCUT2D eigenvalue weighted by Crippen LogP contribution is 2.30. The van der Waals surface area contributed by atoms with Crippen LogP contribution in [0.1, 0.15) is 13.3 Å². The summed E-state index contributed by atoms with van der Waals surface area (Å²) in [5.41, 5.74) is 1.10. The molecule has 0 aliphatic carbocycles. The number of hydrogen-bond acceptors (Lipinski definition) is 4. The number of hydrogen-bond donors (Lipinski definition) is 1. The van der Waals surface area contributed by atoms with Gasteiger partial charge in [0.1, 0.15) is 5.75 Å². The van der Waals surface area contributed by atoms with Gasteiger partial charge in [0.25, 0.3) is 0 Å². The van der Waals surface area contributed by atoms with Crippen LogP contribution in [0.15, 0.2) is 24.3 Å². The average Bonchev–Trinajstić information content (AvgIpc) is 2.61. The molecule has 2 rings (SSSR count). The first-order valence-corrected chi connectivity index (χ1v) is 7.04. The summed E-state index contributed by atoms with van der Waals surface area (Å²) in [6.45, 7) is 5.75. The molecule has 1 aliphatic heterocycles. The SMILES string of the molecule is CCOc1ccccc1N1CCCN(C)CC1CO. The Kier molecular flexibility index (Phi) is 5.05. The second-order valence-electron chi connectivity index (χ2n) is 5.05. The van der Waals surface area contributed by atoms with Crippen molar-refractivity contribution >= 4 is 5.69 Å². The Morgan fingerprint density at radius 2 is 2.11 bits per heavy atom. The van der Waals surface area contributed by atoms with E-state index >= 15 is 0 Å². The van der Waals surface area contributed by atoms with E-state index in [0.29, 0.717) is 6.61 Å². The van der Waals surface area contributed by atoms with Gasteiger partial charge in [-0.2, -0.15) is 0 Å². The Balaban J connectivity index is 2.27. The van der Waals surface area contributed by atoms with Crippen molar-refractivity contribution in [1.29, 1.82) is 0 Å². The van der Waals surface area contributed by atoms with Crippen molar-refractivity contribution in [3.05, 3.63) is 24.3 Å². The van der Waals surface area contributed by atoms with Gasteiger partial charge in [0.2, 0.25) is 0 Å². The van der Waals surface area contributed by atoms with E-state index in [9.17, 15) is 5.11 Å². The van der Waals surface area contributed by atoms with Crippen LogP contribution in [0.25, 0.3) is 0 Å². The lowest BCUT2D eigenvalue weighted by Crippen LogP contribution is -2.43. The molecule has 0 spiro atoms. The van der Waals surface area contributed by atoms with Gasteiger partial charge in [-0.25, -0.2) is 0 Å². The molecule has 4 nitrogen and oxygen atoms in total. The topological polar surface area (TPSA) is 35.9 Å². The normalized spacial score (nSPS) is 21.2. The molecule has 1 N–H and O–H groups in total. The van der Waals surface area contributed by atoms with Gasteiger partial charge >= 0.3 is 0 Å². The van der Waals surface area contributed by atoms with Gasteiger partial charge in [0.05, 0.1) is 24.9 Å². The largest absolute Gasteiger partial charge is 0.492 e. The zero-order chi connectivity index (χ0) is 13.7. The fourth-order valence-corrected chi connectivity index (χ4v) is 2.69. The number of rotatable bonds is 4. The summed E-state index contributed by atoms with van der Waals surface area (Å²) < 4.78 is 5.71. The van der Waals surface area contributed by atoms with E-state index in [-0.39, 0.29) is 12.6 Å². The third kappa shape index (κ3) is 3.39. The second kappa shape index (κ2) is 6.78. The predicted octanol–water partition coefficient (Wildman–Crippen LogP) is 1.59. The Labute approximate surface area is 115 Å². The monoisotopic (exact) mass is 264 g/mol. The van der Waals surface area contributed by atoms with Crippen LogP contribution < -0.4 is 9.64 Å². The minimum absolute atomic E-state index is 0.133. The molecule has 0 amide bonds. The predicted molar refractivity (Wildman–Crippen MR) is 77.9 cm³/mol. The molecule has 1 heterocycles. The van der Waals surface area contributed by atoms with Gasteiger partial charge in [-0.1, -0.05) is 12.1 Å². The fourth-order valence-electron chi connectivity index (χ4n) is 2.69.